The Bertz CT molecular complexity index is 972. The number of hydrogen-bond acceptors (Lipinski definition) is 5. The first-order chi connectivity index (χ1) is 13.1. The van der Waals surface area contributed by atoms with Crippen molar-refractivity contribution in [2.45, 2.75) is 32.0 Å². The van der Waals surface area contributed by atoms with Crippen molar-refractivity contribution in [1.82, 2.24) is 14.5 Å². The molecule has 0 bridgehead atoms. The summed E-state index contributed by atoms with van der Waals surface area (Å²) in [4.78, 5) is 23.5. The predicted octanol–water partition coefficient (Wildman–Crippen LogP) is 2.64. The second kappa shape index (κ2) is 7.32. The lowest BCUT2D eigenvalue weighted by Crippen LogP contribution is -2.45. The summed E-state index contributed by atoms with van der Waals surface area (Å²) in [7, 11) is 0. The maximum atomic E-state index is 12.7. The highest BCUT2D eigenvalue weighted by Crippen LogP contribution is 2.28. The highest BCUT2D eigenvalue weighted by Gasteiger charge is 2.29. The fraction of sp³-hybridized carbons (Fsp3) is 0.286. The van der Waals surface area contributed by atoms with Gasteiger partial charge in [0.05, 0.1) is 17.8 Å². The summed E-state index contributed by atoms with van der Waals surface area (Å²) in [5, 5.41) is 10.9. The Hall–Kier alpha value is -2.99. The molecule has 0 saturated carbocycles. The summed E-state index contributed by atoms with van der Waals surface area (Å²) in [6.07, 6.45) is 3.55. The minimum absolute atomic E-state index is 0.0714. The lowest BCUT2D eigenvalue weighted by atomic mass is 10.0. The summed E-state index contributed by atoms with van der Waals surface area (Å²) in [5.41, 5.74) is 2.27. The molecule has 0 amide bonds. The van der Waals surface area contributed by atoms with Crippen molar-refractivity contribution < 1.29 is 5.11 Å². The predicted molar refractivity (Wildman–Crippen MR) is 105 cm³/mol. The van der Waals surface area contributed by atoms with E-state index in [2.05, 4.69) is 4.98 Å². The molecular formula is C21H22N4O2. The third-order valence-electron chi connectivity index (χ3n) is 5.09. The maximum Gasteiger partial charge on any atom is 0.255 e. The summed E-state index contributed by atoms with van der Waals surface area (Å²) < 4.78 is 1.70. The molecule has 3 aromatic rings. The van der Waals surface area contributed by atoms with Crippen LogP contribution in [-0.4, -0.2) is 32.2 Å². The molecule has 2 aromatic heterocycles. The molecule has 0 spiro atoms. The summed E-state index contributed by atoms with van der Waals surface area (Å²) >= 11 is 0. The second-order valence-corrected chi connectivity index (χ2v) is 6.81. The Balaban J connectivity index is 1.74. The monoisotopic (exact) mass is 362 g/mol. The van der Waals surface area contributed by atoms with E-state index in [1.54, 1.807) is 23.0 Å². The summed E-state index contributed by atoms with van der Waals surface area (Å²) in [5.74, 6) is 0.614. The molecule has 0 radical (unpaired) electrons. The van der Waals surface area contributed by atoms with Crippen LogP contribution in [-0.2, 0) is 6.54 Å². The Kier molecular flexibility index (Phi) is 4.73. The number of hydrogen-bond donors (Lipinski definition) is 1. The molecule has 1 aromatic carbocycles. The zero-order chi connectivity index (χ0) is 18.8. The molecule has 1 aliphatic heterocycles. The Morgan fingerprint density at radius 1 is 1.07 bits per heavy atom. The average molecular weight is 362 g/mol. The molecule has 0 aliphatic carbocycles. The molecule has 2 atom stereocenters. The van der Waals surface area contributed by atoms with Crippen molar-refractivity contribution in [2.75, 3.05) is 11.4 Å². The van der Waals surface area contributed by atoms with Crippen molar-refractivity contribution in [3.8, 4) is 11.3 Å². The van der Waals surface area contributed by atoms with Crippen molar-refractivity contribution in [3.05, 3.63) is 76.8 Å². The highest BCUT2D eigenvalue weighted by molar-refractivity contribution is 5.59. The van der Waals surface area contributed by atoms with Crippen LogP contribution in [0.15, 0.2) is 65.7 Å². The fourth-order valence-corrected chi connectivity index (χ4v) is 3.58. The Morgan fingerprint density at radius 3 is 2.56 bits per heavy atom. The van der Waals surface area contributed by atoms with Gasteiger partial charge in [0.2, 0.25) is 5.95 Å². The first-order valence-corrected chi connectivity index (χ1v) is 9.17. The van der Waals surface area contributed by atoms with Gasteiger partial charge in [-0.1, -0.05) is 30.3 Å². The molecule has 2 unspecified atom stereocenters. The van der Waals surface area contributed by atoms with E-state index in [1.807, 2.05) is 54.3 Å². The van der Waals surface area contributed by atoms with Crippen LogP contribution in [0.5, 0.6) is 0 Å². The zero-order valence-corrected chi connectivity index (χ0v) is 15.2. The van der Waals surface area contributed by atoms with Gasteiger partial charge in [0.25, 0.3) is 5.56 Å². The van der Waals surface area contributed by atoms with Crippen molar-refractivity contribution in [2.24, 2.45) is 0 Å². The van der Waals surface area contributed by atoms with E-state index in [9.17, 15) is 9.90 Å². The normalized spacial score (nSPS) is 15.9. The maximum absolute atomic E-state index is 12.7. The van der Waals surface area contributed by atoms with Crippen LogP contribution in [0.3, 0.4) is 0 Å². The number of benzene rings is 1. The Labute approximate surface area is 157 Å². The highest BCUT2D eigenvalue weighted by atomic mass is 16.3. The number of fused-ring (bicyclic) bond motifs is 1. The van der Waals surface area contributed by atoms with Gasteiger partial charge in [-0.3, -0.25) is 14.3 Å². The van der Waals surface area contributed by atoms with Gasteiger partial charge in [-0.2, -0.15) is 0 Å². The van der Waals surface area contributed by atoms with Gasteiger partial charge in [-0.25, -0.2) is 4.98 Å². The number of aliphatic hydroxyl groups is 1. The van der Waals surface area contributed by atoms with Gasteiger partial charge in [-0.15, -0.1) is 0 Å². The summed E-state index contributed by atoms with van der Waals surface area (Å²) in [6.45, 7) is 3.36. The van der Waals surface area contributed by atoms with E-state index >= 15 is 0 Å². The first kappa shape index (κ1) is 17.4. The van der Waals surface area contributed by atoms with Crippen LogP contribution in [0.25, 0.3) is 11.3 Å². The van der Waals surface area contributed by atoms with Gasteiger partial charge in [-0.05, 0) is 31.0 Å². The van der Waals surface area contributed by atoms with E-state index in [1.165, 1.54) is 0 Å². The minimum Gasteiger partial charge on any atom is -0.386 e. The van der Waals surface area contributed by atoms with E-state index in [0.29, 0.717) is 18.2 Å². The van der Waals surface area contributed by atoms with E-state index in [4.69, 9.17) is 4.98 Å². The zero-order valence-electron chi connectivity index (χ0n) is 15.2. The van der Waals surface area contributed by atoms with E-state index < -0.39 is 6.10 Å². The van der Waals surface area contributed by atoms with Gasteiger partial charge in [0, 0.05) is 37.1 Å². The topological polar surface area (TPSA) is 71.2 Å². The number of anilines is 1. The third-order valence-corrected chi connectivity index (χ3v) is 5.09. The van der Waals surface area contributed by atoms with Gasteiger partial charge < -0.3 is 10.0 Å². The molecule has 0 fully saturated rings. The van der Waals surface area contributed by atoms with Gasteiger partial charge in [0.1, 0.15) is 0 Å². The molecule has 138 valence electrons. The molecule has 3 heterocycles. The molecule has 4 rings (SSSR count). The fourth-order valence-electron chi connectivity index (χ4n) is 3.58. The quantitative estimate of drug-likeness (QED) is 0.773. The van der Waals surface area contributed by atoms with Gasteiger partial charge in [0.15, 0.2) is 0 Å². The lowest BCUT2D eigenvalue weighted by molar-refractivity contribution is 0.145. The van der Waals surface area contributed by atoms with Crippen LogP contribution in [0.4, 0.5) is 5.95 Å². The molecule has 1 N–H and O–H groups in total. The molecular weight excluding hydrogens is 340 g/mol. The van der Waals surface area contributed by atoms with E-state index in [0.717, 1.165) is 24.1 Å². The molecule has 6 heteroatoms. The number of aromatic nitrogens is 3. The number of nitrogens with zero attached hydrogens (tertiary/aromatic N) is 4. The number of rotatable bonds is 4. The first-order valence-electron chi connectivity index (χ1n) is 9.17. The number of aliphatic hydroxyl groups excluding tert-OH is 1. The smallest absolute Gasteiger partial charge is 0.255 e. The van der Waals surface area contributed by atoms with Gasteiger partial charge >= 0.3 is 0 Å². The van der Waals surface area contributed by atoms with Crippen LogP contribution >= 0.6 is 0 Å². The van der Waals surface area contributed by atoms with Crippen molar-refractivity contribution in [1.29, 1.82) is 0 Å². The summed E-state index contributed by atoms with van der Waals surface area (Å²) in [6, 6.07) is 14.6. The largest absolute Gasteiger partial charge is 0.386 e. The Morgan fingerprint density at radius 2 is 1.81 bits per heavy atom. The molecule has 27 heavy (non-hydrogen) atoms. The van der Waals surface area contributed by atoms with Crippen LogP contribution in [0.2, 0.25) is 0 Å². The second-order valence-electron chi connectivity index (χ2n) is 6.81. The molecule has 1 aliphatic rings. The van der Waals surface area contributed by atoms with Crippen LogP contribution < -0.4 is 10.5 Å². The van der Waals surface area contributed by atoms with Crippen molar-refractivity contribution >= 4 is 5.95 Å². The minimum atomic E-state index is -0.667. The number of pyridine rings is 1. The van der Waals surface area contributed by atoms with Crippen LogP contribution in [0, 0.1) is 0 Å². The van der Waals surface area contributed by atoms with Crippen LogP contribution in [0.1, 0.15) is 25.0 Å². The lowest BCUT2D eigenvalue weighted by Gasteiger charge is -2.37. The third kappa shape index (κ3) is 3.36. The molecule has 0 saturated heterocycles. The average Bonchev–Trinajstić information content (AvgIpc) is 2.73. The SMILES string of the molecule is CC(C(O)c1ccccc1)N1CCCn2c1nc(-c1ccncc1)cc2=O. The standard InChI is InChI=1S/C21H22N4O2/c1-15(20(27)17-6-3-2-4-7-17)24-12-5-13-25-19(26)14-18(23-21(24)25)16-8-10-22-11-9-16/h2-4,6-11,14-15,20,27H,5,12-13H2,1H3. The van der Waals surface area contributed by atoms with E-state index in [-0.39, 0.29) is 11.6 Å². The molecule has 6 nitrogen and oxygen atoms in total. The van der Waals surface area contributed by atoms with Crippen molar-refractivity contribution in [3.63, 3.8) is 0 Å².